The summed E-state index contributed by atoms with van der Waals surface area (Å²) in [5, 5.41) is 0. The summed E-state index contributed by atoms with van der Waals surface area (Å²) in [4.78, 5) is 15.1. The van der Waals surface area contributed by atoms with Crippen LogP contribution in [0.1, 0.15) is 0 Å². The van der Waals surface area contributed by atoms with E-state index in [2.05, 4.69) is 19.9 Å². The monoisotopic (exact) mass is 190 g/mol. The van der Waals surface area contributed by atoms with Gasteiger partial charge in [0.15, 0.2) is 5.82 Å². The topological polar surface area (TPSA) is 54.5 Å². The Balaban J connectivity index is 2.60. The molecule has 2 heterocycles. The molecule has 1 N–H and O–H groups in total. The first-order valence-electron chi connectivity index (χ1n) is 3.69. The lowest BCUT2D eigenvalue weighted by molar-refractivity contribution is 1.10. The Morgan fingerprint density at radius 3 is 2.54 bits per heavy atom. The summed E-state index contributed by atoms with van der Waals surface area (Å²) in [6.07, 6.45) is 6.62. The van der Waals surface area contributed by atoms with Crippen molar-refractivity contribution in [1.82, 2.24) is 19.9 Å². The molecule has 13 heavy (non-hydrogen) atoms. The average molecular weight is 190 g/mol. The van der Waals surface area contributed by atoms with Crippen LogP contribution >= 0.6 is 12.2 Å². The van der Waals surface area contributed by atoms with E-state index in [4.69, 9.17) is 12.2 Å². The van der Waals surface area contributed by atoms with Gasteiger partial charge in [-0.3, -0.25) is 0 Å². The molecule has 2 aromatic rings. The summed E-state index contributed by atoms with van der Waals surface area (Å²) in [6, 6.07) is 1.75. The third-order valence-electron chi connectivity index (χ3n) is 1.49. The van der Waals surface area contributed by atoms with Crippen molar-refractivity contribution in [3.8, 4) is 11.5 Å². The Morgan fingerprint density at radius 2 is 1.85 bits per heavy atom. The molecule has 0 unspecified atom stereocenters. The van der Waals surface area contributed by atoms with Crippen molar-refractivity contribution in [2.45, 2.75) is 0 Å². The third-order valence-corrected chi connectivity index (χ3v) is 1.80. The largest absolute Gasteiger partial charge is 0.349 e. The van der Waals surface area contributed by atoms with E-state index in [0.717, 1.165) is 0 Å². The van der Waals surface area contributed by atoms with Gasteiger partial charge in [-0.15, -0.1) is 0 Å². The van der Waals surface area contributed by atoms with Gasteiger partial charge in [-0.25, -0.2) is 15.0 Å². The maximum absolute atomic E-state index is 5.04. The molecule has 0 amide bonds. The van der Waals surface area contributed by atoms with Gasteiger partial charge in [-0.1, -0.05) is 12.2 Å². The lowest BCUT2D eigenvalue weighted by Gasteiger charge is -1.96. The van der Waals surface area contributed by atoms with Gasteiger partial charge in [-0.05, 0) is 6.07 Å². The molecule has 0 aliphatic heterocycles. The minimum Gasteiger partial charge on any atom is -0.349 e. The number of H-pyrrole nitrogens is 1. The van der Waals surface area contributed by atoms with E-state index in [1.54, 1.807) is 30.9 Å². The molecule has 5 heteroatoms. The highest BCUT2D eigenvalue weighted by Crippen LogP contribution is 2.08. The normalized spacial score (nSPS) is 9.85. The third kappa shape index (κ3) is 1.59. The van der Waals surface area contributed by atoms with Crippen LogP contribution in [-0.4, -0.2) is 19.9 Å². The summed E-state index contributed by atoms with van der Waals surface area (Å²) in [7, 11) is 0. The molecular formula is C8H6N4S. The van der Waals surface area contributed by atoms with E-state index >= 15 is 0 Å². The van der Waals surface area contributed by atoms with Crippen LogP contribution in [0.4, 0.5) is 0 Å². The van der Waals surface area contributed by atoms with Gasteiger partial charge in [0.25, 0.3) is 0 Å². The van der Waals surface area contributed by atoms with E-state index in [9.17, 15) is 0 Å². The highest BCUT2D eigenvalue weighted by atomic mass is 32.1. The van der Waals surface area contributed by atoms with Crippen LogP contribution in [0.15, 0.2) is 30.9 Å². The SMILES string of the molecule is S=c1[nH]ccnc1-c1ncccn1. The number of rotatable bonds is 1. The van der Waals surface area contributed by atoms with Crippen molar-refractivity contribution in [1.29, 1.82) is 0 Å². The molecule has 0 fully saturated rings. The van der Waals surface area contributed by atoms with Gasteiger partial charge >= 0.3 is 0 Å². The van der Waals surface area contributed by atoms with E-state index < -0.39 is 0 Å². The van der Waals surface area contributed by atoms with Crippen molar-refractivity contribution < 1.29 is 0 Å². The number of hydrogen-bond acceptors (Lipinski definition) is 4. The zero-order chi connectivity index (χ0) is 9.10. The number of aromatic nitrogens is 4. The Morgan fingerprint density at radius 1 is 1.08 bits per heavy atom. The Hall–Kier alpha value is -1.62. The van der Waals surface area contributed by atoms with Crippen LogP contribution in [0, 0.1) is 4.64 Å². The molecular weight excluding hydrogens is 184 g/mol. The Labute approximate surface area is 79.7 Å². The predicted molar refractivity (Wildman–Crippen MR) is 50.4 cm³/mol. The molecule has 0 spiro atoms. The van der Waals surface area contributed by atoms with Gasteiger partial charge < -0.3 is 4.98 Å². The van der Waals surface area contributed by atoms with Crippen molar-refractivity contribution in [3.63, 3.8) is 0 Å². The van der Waals surface area contributed by atoms with E-state index in [-0.39, 0.29) is 0 Å². The van der Waals surface area contributed by atoms with Crippen LogP contribution in [0.2, 0.25) is 0 Å². The first-order valence-corrected chi connectivity index (χ1v) is 4.10. The van der Waals surface area contributed by atoms with Gasteiger partial charge in [0, 0.05) is 24.8 Å². The lowest BCUT2D eigenvalue weighted by Crippen LogP contribution is -1.91. The molecule has 2 rings (SSSR count). The first kappa shape index (κ1) is 8.00. The highest BCUT2D eigenvalue weighted by molar-refractivity contribution is 7.71. The van der Waals surface area contributed by atoms with Crippen molar-refractivity contribution in [2.24, 2.45) is 0 Å². The van der Waals surface area contributed by atoms with Gasteiger partial charge in [0.1, 0.15) is 10.3 Å². The maximum Gasteiger partial charge on any atom is 0.181 e. The quantitative estimate of drug-likeness (QED) is 0.694. The van der Waals surface area contributed by atoms with Gasteiger partial charge in [0.05, 0.1) is 0 Å². The molecule has 0 aliphatic carbocycles. The molecule has 0 radical (unpaired) electrons. The molecule has 2 aromatic heterocycles. The summed E-state index contributed by atoms with van der Waals surface area (Å²) in [5.41, 5.74) is 0.609. The van der Waals surface area contributed by atoms with Crippen LogP contribution in [0.5, 0.6) is 0 Å². The fourth-order valence-electron chi connectivity index (χ4n) is 0.932. The maximum atomic E-state index is 5.04. The molecule has 0 saturated heterocycles. The molecule has 0 bridgehead atoms. The summed E-state index contributed by atoms with van der Waals surface area (Å²) in [6.45, 7) is 0. The smallest absolute Gasteiger partial charge is 0.181 e. The molecule has 0 atom stereocenters. The summed E-state index contributed by atoms with van der Waals surface area (Å²) in [5.74, 6) is 0.546. The Kier molecular flexibility index (Phi) is 2.09. The summed E-state index contributed by atoms with van der Waals surface area (Å²) < 4.78 is 0.550. The zero-order valence-corrected chi connectivity index (χ0v) is 7.45. The number of nitrogens with one attached hydrogen (secondary N) is 1. The highest BCUT2D eigenvalue weighted by Gasteiger charge is 2.01. The molecule has 4 nitrogen and oxygen atoms in total. The second-order valence-electron chi connectivity index (χ2n) is 2.34. The van der Waals surface area contributed by atoms with Crippen molar-refractivity contribution >= 4 is 12.2 Å². The van der Waals surface area contributed by atoms with E-state index in [1.165, 1.54) is 0 Å². The second-order valence-corrected chi connectivity index (χ2v) is 2.75. The molecule has 64 valence electrons. The van der Waals surface area contributed by atoms with Gasteiger partial charge in [-0.2, -0.15) is 0 Å². The minimum absolute atomic E-state index is 0.546. The van der Waals surface area contributed by atoms with Crippen LogP contribution in [0.25, 0.3) is 11.5 Å². The predicted octanol–water partition coefficient (Wildman–Crippen LogP) is 1.60. The van der Waals surface area contributed by atoms with Crippen LogP contribution in [0.3, 0.4) is 0 Å². The Bertz CT molecular complexity index is 451. The standard InChI is InChI=1S/C8H6N4S/c13-8-6(9-4-5-12-8)7-10-2-1-3-11-7/h1-5H,(H,12,13). The fraction of sp³-hybridized carbons (Fsp3) is 0. The van der Waals surface area contributed by atoms with Gasteiger partial charge in [0.2, 0.25) is 0 Å². The first-order chi connectivity index (χ1) is 6.38. The number of aromatic amines is 1. The van der Waals surface area contributed by atoms with Crippen LogP contribution < -0.4 is 0 Å². The molecule has 0 saturated carbocycles. The second kappa shape index (κ2) is 3.40. The number of hydrogen-bond donors (Lipinski definition) is 1. The van der Waals surface area contributed by atoms with E-state index in [0.29, 0.717) is 16.2 Å². The fourth-order valence-corrected chi connectivity index (χ4v) is 1.14. The number of nitrogens with zero attached hydrogens (tertiary/aromatic N) is 3. The zero-order valence-electron chi connectivity index (χ0n) is 6.64. The van der Waals surface area contributed by atoms with Crippen LogP contribution in [-0.2, 0) is 0 Å². The average Bonchev–Trinajstić information content (AvgIpc) is 2.20. The van der Waals surface area contributed by atoms with Crippen molar-refractivity contribution in [3.05, 3.63) is 35.5 Å². The summed E-state index contributed by atoms with van der Waals surface area (Å²) >= 11 is 5.04. The van der Waals surface area contributed by atoms with E-state index in [1.807, 2.05) is 0 Å². The molecule has 0 aromatic carbocycles. The lowest BCUT2D eigenvalue weighted by atomic mass is 10.4. The van der Waals surface area contributed by atoms with Crippen molar-refractivity contribution in [2.75, 3.05) is 0 Å². The molecule has 0 aliphatic rings. The minimum atomic E-state index is 0.546.